The molecule has 0 spiro atoms. The molecule has 1 aliphatic heterocycles. The van der Waals surface area contributed by atoms with E-state index < -0.39 is 0 Å². The maximum Gasteiger partial charge on any atom is 0.228 e. The van der Waals surface area contributed by atoms with E-state index in [1.54, 1.807) is 0 Å². The summed E-state index contributed by atoms with van der Waals surface area (Å²) < 4.78 is 1.95. The number of nitrogens with one attached hydrogen (secondary N) is 1. The second kappa shape index (κ2) is 5.63. The van der Waals surface area contributed by atoms with Gasteiger partial charge >= 0.3 is 0 Å². The molecule has 0 saturated carbocycles. The maximum atomic E-state index is 12.3. The first-order valence-corrected chi connectivity index (χ1v) is 7.13. The second-order valence-electron chi connectivity index (χ2n) is 5.36. The number of rotatable bonds is 3. The van der Waals surface area contributed by atoms with Crippen molar-refractivity contribution < 1.29 is 4.79 Å². The van der Waals surface area contributed by atoms with E-state index in [0.717, 1.165) is 37.3 Å². The van der Waals surface area contributed by atoms with Crippen LogP contribution >= 0.6 is 0 Å². The Bertz CT molecular complexity index is 568. The fraction of sp³-hybridized carbons (Fsp3) is 0.467. The van der Waals surface area contributed by atoms with Gasteiger partial charge in [-0.2, -0.15) is 0 Å². The van der Waals surface area contributed by atoms with Gasteiger partial charge in [0.05, 0.1) is 12.1 Å². The molecule has 0 aliphatic carbocycles. The summed E-state index contributed by atoms with van der Waals surface area (Å²) in [5.74, 6) is 0.153. The minimum Gasteiger partial charge on any atom is -0.342 e. The van der Waals surface area contributed by atoms with Crippen molar-refractivity contribution in [1.29, 1.82) is 0 Å². The maximum absolute atomic E-state index is 12.3. The summed E-state index contributed by atoms with van der Waals surface area (Å²) in [6.07, 6.45) is 6.33. The van der Waals surface area contributed by atoms with Crippen LogP contribution in [0.5, 0.6) is 0 Å². The highest BCUT2D eigenvalue weighted by atomic mass is 16.2. The molecule has 0 radical (unpaired) electrons. The number of likely N-dealkylation sites (N-methyl/N-ethyl adjacent to an activating group) is 1. The highest BCUT2D eigenvalue weighted by Crippen LogP contribution is 2.12. The number of carbonyl (C=O) groups excluding carboxylic acids is 1. The predicted molar refractivity (Wildman–Crippen MR) is 77.6 cm³/mol. The zero-order valence-electron chi connectivity index (χ0n) is 11.7. The molecule has 1 aliphatic rings. The largest absolute Gasteiger partial charge is 0.342 e. The van der Waals surface area contributed by atoms with Crippen LogP contribution in [0.25, 0.3) is 5.65 Å². The van der Waals surface area contributed by atoms with Crippen molar-refractivity contribution in [2.75, 3.05) is 20.1 Å². The lowest BCUT2D eigenvalue weighted by molar-refractivity contribution is -0.131. The normalized spacial score (nSPS) is 16.4. The van der Waals surface area contributed by atoms with E-state index in [-0.39, 0.29) is 5.91 Å². The van der Waals surface area contributed by atoms with Crippen molar-refractivity contribution in [3.8, 4) is 0 Å². The fourth-order valence-corrected chi connectivity index (χ4v) is 2.75. The van der Waals surface area contributed by atoms with E-state index in [9.17, 15) is 4.79 Å². The highest BCUT2D eigenvalue weighted by Gasteiger charge is 2.22. The number of pyridine rings is 1. The number of carbonyl (C=O) groups is 1. The number of fused-ring (bicyclic) bond motifs is 1. The predicted octanol–water partition coefficient (Wildman–Crippen LogP) is 1.09. The molecule has 0 aromatic carbocycles. The monoisotopic (exact) mass is 272 g/mol. The van der Waals surface area contributed by atoms with Crippen LogP contribution in [-0.4, -0.2) is 46.4 Å². The number of nitrogens with zero attached hydrogens (tertiary/aromatic N) is 3. The molecule has 5 nitrogen and oxygen atoms in total. The van der Waals surface area contributed by atoms with Crippen molar-refractivity contribution in [3.63, 3.8) is 0 Å². The van der Waals surface area contributed by atoms with Crippen LogP contribution < -0.4 is 5.32 Å². The molecule has 1 amide bonds. The Morgan fingerprint density at radius 2 is 2.25 bits per heavy atom. The van der Waals surface area contributed by atoms with E-state index in [2.05, 4.69) is 10.3 Å². The Morgan fingerprint density at radius 3 is 3.00 bits per heavy atom. The number of amides is 1. The summed E-state index contributed by atoms with van der Waals surface area (Å²) in [6.45, 7) is 1.99. The third-order valence-corrected chi connectivity index (χ3v) is 4.00. The molecule has 0 unspecified atom stereocenters. The zero-order valence-corrected chi connectivity index (χ0v) is 11.7. The Balaban J connectivity index is 1.68. The Hall–Kier alpha value is -1.88. The minimum atomic E-state index is 0.153. The van der Waals surface area contributed by atoms with E-state index in [0.29, 0.717) is 12.5 Å². The lowest BCUT2D eigenvalue weighted by Gasteiger charge is -2.31. The van der Waals surface area contributed by atoms with Crippen molar-refractivity contribution in [1.82, 2.24) is 19.6 Å². The molecule has 5 heteroatoms. The molecule has 20 heavy (non-hydrogen) atoms. The van der Waals surface area contributed by atoms with E-state index >= 15 is 0 Å². The summed E-state index contributed by atoms with van der Waals surface area (Å²) in [5, 5.41) is 3.32. The molecule has 1 N–H and O–H groups in total. The Labute approximate surface area is 118 Å². The average molecular weight is 272 g/mol. The highest BCUT2D eigenvalue weighted by molar-refractivity contribution is 5.78. The molecule has 3 rings (SSSR count). The summed E-state index contributed by atoms with van der Waals surface area (Å²) in [7, 11) is 1.91. The molecule has 1 saturated heterocycles. The summed E-state index contributed by atoms with van der Waals surface area (Å²) in [6, 6.07) is 6.22. The third kappa shape index (κ3) is 2.67. The van der Waals surface area contributed by atoms with Crippen LogP contribution in [-0.2, 0) is 11.2 Å². The van der Waals surface area contributed by atoms with E-state index in [1.165, 1.54) is 0 Å². The first-order valence-electron chi connectivity index (χ1n) is 7.13. The van der Waals surface area contributed by atoms with Gasteiger partial charge in [-0.15, -0.1) is 0 Å². The van der Waals surface area contributed by atoms with Crippen molar-refractivity contribution >= 4 is 11.6 Å². The van der Waals surface area contributed by atoms with Crippen molar-refractivity contribution in [2.45, 2.75) is 25.3 Å². The molecule has 1 fully saturated rings. The van der Waals surface area contributed by atoms with Gasteiger partial charge in [0, 0.05) is 25.5 Å². The molecule has 2 aromatic rings. The molecular formula is C15H20N4O. The van der Waals surface area contributed by atoms with Crippen LogP contribution in [0.4, 0.5) is 0 Å². The number of aromatic nitrogens is 2. The van der Waals surface area contributed by atoms with E-state index in [4.69, 9.17) is 0 Å². The molecule has 0 atom stereocenters. The van der Waals surface area contributed by atoms with Crippen LogP contribution in [0.1, 0.15) is 18.5 Å². The topological polar surface area (TPSA) is 49.6 Å². The van der Waals surface area contributed by atoms with Gasteiger partial charge < -0.3 is 14.6 Å². The molecule has 106 valence electrons. The van der Waals surface area contributed by atoms with Crippen LogP contribution in [0.2, 0.25) is 0 Å². The second-order valence-corrected chi connectivity index (χ2v) is 5.36. The Kier molecular flexibility index (Phi) is 3.69. The molecular weight excluding hydrogens is 252 g/mol. The lowest BCUT2D eigenvalue weighted by atomic mass is 10.0. The standard InChI is InChI=1S/C15H20N4O/c1-18(13-5-7-16-8-6-13)15(20)10-12-11-19-9-3-2-4-14(19)17-12/h2-4,9,11,13,16H,5-8,10H2,1H3. The zero-order chi connectivity index (χ0) is 13.9. The summed E-state index contributed by atoms with van der Waals surface area (Å²) in [5.41, 5.74) is 1.72. The fourth-order valence-electron chi connectivity index (χ4n) is 2.75. The summed E-state index contributed by atoms with van der Waals surface area (Å²) in [4.78, 5) is 18.7. The number of hydrogen-bond donors (Lipinski definition) is 1. The van der Waals surface area contributed by atoms with Gasteiger partial charge in [-0.25, -0.2) is 4.98 Å². The smallest absolute Gasteiger partial charge is 0.228 e. The number of hydrogen-bond acceptors (Lipinski definition) is 3. The number of imidazole rings is 1. The van der Waals surface area contributed by atoms with Crippen molar-refractivity contribution in [3.05, 3.63) is 36.3 Å². The van der Waals surface area contributed by atoms with Gasteiger partial charge in [-0.1, -0.05) is 6.07 Å². The third-order valence-electron chi connectivity index (χ3n) is 4.00. The lowest BCUT2D eigenvalue weighted by Crippen LogP contribution is -2.44. The molecule has 0 bridgehead atoms. The van der Waals surface area contributed by atoms with Gasteiger partial charge in [-0.05, 0) is 38.1 Å². The van der Waals surface area contributed by atoms with Gasteiger partial charge in [0.1, 0.15) is 5.65 Å². The minimum absolute atomic E-state index is 0.153. The first-order chi connectivity index (χ1) is 9.74. The first kappa shape index (κ1) is 13.1. The van der Waals surface area contributed by atoms with Crippen LogP contribution in [0.3, 0.4) is 0 Å². The van der Waals surface area contributed by atoms with Crippen molar-refractivity contribution in [2.24, 2.45) is 0 Å². The Morgan fingerprint density at radius 1 is 1.45 bits per heavy atom. The molecule has 2 aromatic heterocycles. The van der Waals surface area contributed by atoms with E-state index in [1.807, 2.05) is 46.9 Å². The van der Waals surface area contributed by atoms with Gasteiger partial charge in [0.15, 0.2) is 0 Å². The van der Waals surface area contributed by atoms with Crippen LogP contribution in [0, 0.1) is 0 Å². The van der Waals surface area contributed by atoms with Gasteiger partial charge in [0.25, 0.3) is 0 Å². The summed E-state index contributed by atoms with van der Waals surface area (Å²) >= 11 is 0. The van der Waals surface area contributed by atoms with Crippen LogP contribution in [0.15, 0.2) is 30.6 Å². The number of piperidine rings is 1. The quantitative estimate of drug-likeness (QED) is 0.910. The van der Waals surface area contributed by atoms with Gasteiger partial charge in [-0.3, -0.25) is 4.79 Å². The molecule has 3 heterocycles. The average Bonchev–Trinajstić information content (AvgIpc) is 2.89. The van der Waals surface area contributed by atoms with Gasteiger partial charge in [0.2, 0.25) is 5.91 Å². The SMILES string of the molecule is CN(C(=O)Cc1cn2ccccc2n1)C1CCNCC1.